The number of benzene rings is 4. The molecule has 0 fully saturated rings. The minimum absolute atomic E-state index is 0. The van der Waals surface area contributed by atoms with Crippen LogP contribution in [0.1, 0.15) is 29.0 Å². The summed E-state index contributed by atoms with van der Waals surface area (Å²) in [6.07, 6.45) is 3.06. The molecule has 7 aromatic rings. The molecule has 0 saturated carbocycles. The van der Waals surface area contributed by atoms with E-state index >= 15 is 0 Å². The summed E-state index contributed by atoms with van der Waals surface area (Å²) in [4.78, 5) is 8.75. The second kappa shape index (κ2) is 13.5. The Morgan fingerprint density at radius 3 is 2.16 bits per heavy atom. The largest absolute Gasteiger partial charge is 0.500 e. The third-order valence-corrected chi connectivity index (χ3v) is 9.49. The van der Waals surface area contributed by atoms with Gasteiger partial charge < -0.3 is 14.4 Å². The van der Waals surface area contributed by atoms with E-state index in [0.717, 1.165) is 23.0 Å². The molecule has 5 heteroatoms. The molecule has 227 valence electrons. The van der Waals surface area contributed by atoms with Crippen molar-refractivity contribution in [3.8, 4) is 33.6 Å². The number of hydrogen-bond donors (Lipinski definition) is 0. The number of hydrogen-bond acceptors (Lipinski definition) is 3. The number of rotatable bonds is 4. The number of aryl methyl sites for hydroxylation is 3. The van der Waals surface area contributed by atoms with Crippen molar-refractivity contribution >= 4 is 35.2 Å². The summed E-state index contributed by atoms with van der Waals surface area (Å²) in [7, 11) is -1.23. The maximum absolute atomic E-state index is 8.25. The van der Waals surface area contributed by atoms with Gasteiger partial charge in [-0.25, -0.2) is 0 Å². The zero-order valence-corrected chi connectivity index (χ0v) is 28.4. The van der Waals surface area contributed by atoms with Crippen LogP contribution in [0.3, 0.4) is 0 Å². The van der Waals surface area contributed by atoms with Crippen molar-refractivity contribution in [2.24, 2.45) is 0 Å². The van der Waals surface area contributed by atoms with Crippen molar-refractivity contribution < 1.29 is 36.9 Å². The molecule has 0 aliphatic carbocycles. The van der Waals surface area contributed by atoms with Crippen LogP contribution in [0.5, 0.6) is 0 Å². The van der Waals surface area contributed by atoms with Gasteiger partial charge in [0.15, 0.2) is 0 Å². The normalized spacial score (nSPS) is 15.0. The van der Waals surface area contributed by atoms with Crippen molar-refractivity contribution in [2.75, 3.05) is 0 Å². The van der Waals surface area contributed by atoms with E-state index in [-0.39, 0.29) is 53.7 Å². The molecule has 0 saturated heterocycles. The van der Waals surface area contributed by atoms with Gasteiger partial charge in [-0.05, 0) is 59.4 Å². The Labute approximate surface area is 293 Å². The van der Waals surface area contributed by atoms with E-state index in [1.54, 1.807) is 24.3 Å². The van der Waals surface area contributed by atoms with Gasteiger partial charge in [-0.2, -0.15) is 0 Å². The third-order valence-electron chi connectivity index (χ3n) is 7.46. The number of aromatic nitrogens is 2. The van der Waals surface area contributed by atoms with E-state index in [4.69, 9.17) is 16.8 Å². The van der Waals surface area contributed by atoms with Crippen LogP contribution < -0.4 is 5.19 Å². The predicted molar refractivity (Wildman–Crippen MR) is 187 cm³/mol. The molecule has 0 aliphatic rings. The molecule has 0 aliphatic heterocycles. The zero-order chi connectivity index (χ0) is 38.3. The first-order valence-electron chi connectivity index (χ1n) is 18.7. The van der Waals surface area contributed by atoms with Crippen molar-refractivity contribution in [2.45, 2.75) is 40.2 Å². The maximum atomic E-state index is 8.25. The van der Waals surface area contributed by atoms with Crippen LogP contribution in [0, 0.1) is 32.7 Å². The van der Waals surface area contributed by atoms with Crippen molar-refractivity contribution in [3.63, 3.8) is 0 Å². The van der Waals surface area contributed by atoms with E-state index in [0.29, 0.717) is 21.9 Å². The maximum Gasteiger partial charge on any atom is 0.124 e. The number of fused-ring (bicyclic) bond motifs is 3. The second-order valence-corrected chi connectivity index (χ2v) is 16.6. The fourth-order valence-electron chi connectivity index (χ4n) is 5.00. The van der Waals surface area contributed by atoms with E-state index in [2.05, 4.69) is 53.9 Å². The molecule has 0 spiro atoms. The molecule has 45 heavy (non-hydrogen) atoms. The Bertz CT molecular complexity index is 2390. The van der Waals surface area contributed by atoms with E-state index in [1.807, 2.05) is 60.8 Å². The average Bonchev–Trinajstić information content (AvgIpc) is 3.49. The third kappa shape index (κ3) is 6.77. The Balaban J connectivity index is 0.000000276. The summed E-state index contributed by atoms with van der Waals surface area (Å²) in [5, 5.41) is 2.57. The summed E-state index contributed by atoms with van der Waals surface area (Å²) in [5.74, 6) is 0. The van der Waals surface area contributed by atoms with Crippen LogP contribution in [-0.4, -0.2) is 18.0 Å². The first-order valence-corrected chi connectivity index (χ1v) is 17.7. The molecular formula is C40H36IrN2OSi-2. The fourth-order valence-corrected chi connectivity index (χ4v) is 6.03. The molecule has 7 rings (SSSR count). The molecule has 0 amide bonds. The van der Waals surface area contributed by atoms with Crippen LogP contribution in [0.25, 0.3) is 55.6 Å². The molecule has 0 bridgehead atoms. The topological polar surface area (TPSA) is 38.9 Å². The molecular weight excluding hydrogens is 745 g/mol. The summed E-state index contributed by atoms with van der Waals surface area (Å²) in [6.45, 7) is -0.847. The summed E-state index contributed by atoms with van der Waals surface area (Å²) in [6, 6.07) is 35.7. The van der Waals surface area contributed by atoms with Crippen molar-refractivity contribution in [1.29, 1.82) is 0 Å². The monoisotopic (exact) mass is 790 g/mol. The van der Waals surface area contributed by atoms with Crippen LogP contribution in [0.2, 0.25) is 19.6 Å². The summed E-state index contributed by atoms with van der Waals surface area (Å²) >= 11 is 0. The van der Waals surface area contributed by atoms with Gasteiger partial charge in [0, 0.05) is 50.2 Å². The molecule has 3 nitrogen and oxygen atoms in total. The summed E-state index contributed by atoms with van der Waals surface area (Å²) in [5.41, 5.74) is 3.59. The van der Waals surface area contributed by atoms with Crippen LogP contribution in [0.15, 0.2) is 114 Å². The minimum Gasteiger partial charge on any atom is -0.500 e. The average molecular weight is 790 g/mol. The van der Waals surface area contributed by atoms with Crippen molar-refractivity contribution in [1.82, 2.24) is 9.97 Å². The quantitative estimate of drug-likeness (QED) is 0.132. The SMILES string of the molecule is C[Si](C)(C)c1ccc(-c2[c-]cccc2)nc1.[2H]C([2H])([2H])c1cnc(-c2[c-]ccc3c2oc2c(C([2H])([2H])[2H])c(-c4ccccc4)ccc23)cc1C([2H])([2H])[2H].[Ir]. The Morgan fingerprint density at radius 1 is 0.689 bits per heavy atom. The Morgan fingerprint density at radius 2 is 1.47 bits per heavy atom. The van der Waals surface area contributed by atoms with E-state index in [9.17, 15) is 0 Å². The Hall–Kier alpha value is -4.15. The predicted octanol–water partition coefficient (Wildman–Crippen LogP) is 10.1. The zero-order valence-electron chi connectivity index (χ0n) is 34.0. The summed E-state index contributed by atoms with van der Waals surface area (Å²) < 4.78 is 77.7. The molecule has 3 heterocycles. The molecule has 1 radical (unpaired) electrons. The van der Waals surface area contributed by atoms with Gasteiger partial charge in [0.1, 0.15) is 5.58 Å². The van der Waals surface area contributed by atoms with Crippen molar-refractivity contribution in [3.05, 3.63) is 138 Å². The van der Waals surface area contributed by atoms with Gasteiger partial charge in [0.05, 0.1) is 13.7 Å². The van der Waals surface area contributed by atoms with Gasteiger partial charge in [-0.3, -0.25) is 0 Å². The smallest absolute Gasteiger partial charge is 0.124 e. The first-order chi connectivity index (χ1) is 24.8. The molecule has 0 unspecified atom stereocenters. The Kier molecular flexibility index (Phi) is 6.69. The number of furan rings is 1. The number of nitrogens with zero attached hydrogens (tertiary/aromatic N) is 2. The van der Waals surface area contributed by atoms with Gasteiger partial charge >= 0.3 is 0 Å². The minimum atomic E-state index is -2.69. The molecule has 4 aromatic carbocycles. The van der Waals surface area contributed by atoms with Gasteiger partial charge in [-0.1, -0.05) is 96.8 Å². The number of pyridine rings is 2. The van der Waals surface area contributed by atoms with Gasteiger partial charge in [-0.15, -0.1) is 54.1 Å². The van der Waals surface area contributed by atoms with Crippen LogP contribution in [0.4, 0.5) is 0 Å². The van der Waals surface area contributed by atoms with Crippen LogP contribution >= 0.6 is 0 Å². The van der Waals surface area contributed by atoms with E-state index in [1.165, 1.54) is 11.3 Å². The van der Waals surface area contributed by atoms with Gasteiger partial charge in [0.25, 0.3) is 0 Å². The second-order valence-electron chi connectivity index (χ2n) is 11.5. The molecule has 0 atom stereocenters. The van der Waals surface area contributed by atoms with E-state index < -0.39 is 28.6 Å². The fraction of sp³-hybridized carbons (Fsp3) is 0.150. The molecule has 3 aromatic heterocycles. The standard InChI is InChI=1S/C26H20NO.C14H16NSi.Ir/c1-16-14-24(27-15-17(16)2)23-11-7-10-21-22-13-12-20(19-8-5-4-6-9-19)18(3)25(22)28-26(21)23;1-16(2,3)13-9-10-14(15-11-13)12-7-5-4-6-8-12;/h4-10,12-15H,1-3H3;4-7,9-11H,1-3H3;/q2*-1;/i1D3,2D3,3D3;;. The first kappa shape index (κ1) is 22.4. The van der Waals surface area contributed by atoms with Crippen LogP contribution in [-0.2, 0) is 20.1 Å². The molecule has 0 N–H and O–H groups in total. The van der Waals surface area contributed by atoms with Gasteiger partial charge in [0.2, 0.25) is 0 Å².